The summed E-state index contributed by atoms with van der Waals surface area (Å²) in [5.74, 6) is 0.724. The second-order valence-corrected chi connectivity index (χ2v) is 5.17. The molecule has 0 amide bonds. The van der Waals surface area contributed by atoms with Gasteiger partial charge in [-0.05, 0) is 48.9 Å². The zero-order chi connectivity index (χ0) is 10.3. The minimum atomic E-state index is 0.717. The van der Waals surface area contributed by atoms with Crippen molar-refractivity contribution in [1.82, 2.24) is 10.3 Å². The summed E-state index contributed by atoms with van der Waals surface area (Å²) >= 11 is 1.78. The standard InChI is InChI=1S/C12H14N2S/c1-13-10-4-8(5-10)9-6-12-11(14-7-9)2-3-15-12/h2-3,6-8,10,13H,4-5H2,1H3. The third-order valence-corrected chi connectivity index (χ3v) is 4.19. The Kier molecular flexibility index (Phi) is 2.22. The number of hydrogen-bond donors (Lipinski definition) is 1. The van der Waals surface area contributed by atoms with Crippen LogP contribution in [0.1, 0.15) is 24.3 Å². The molecule has 0 radical (unpaired) electrons. The van der Waals surface area contributed by atoms with Crippen LogP contribution in [0.25, 0.3) is 10.2 Å². The van der Waals surface area contributed by atoms with Gasteiger partial charge >= 0.3 is 0 Å². The maximum atomic E-state index is 4.48. The Balaban J connectivity index is 1.86. The highest BCUT2D eigenvalue weighted by Crippen LogP contribution is 2.37. The first-order valence-corrected chi connectivity index (χ1v) is 6.25. The number of pyridine rings is 1. The fourth-order valence-corrected chi connectivity index (χ4v) is 3.00. The molecule has 2 heterocycles. The number of nitrogens with zero attached hydrogens (tertiary/aromatic N) is 1. The number of hydrogen-bond acceptors (Lipinski definition) is 3. The van der Waals surface area contributed by atoms with E-state index in [1.165, 1.54) is 23.1 Å². The summed E-state index contributed by atoms with van der Waals surface area (Å²) in [6, 6.07) is 5.11. The van der Waals surface area contributed by atoms with Crippen LogP contribution in [0.4, 0.5) is 0 Å². The van der Waals surface area contributed by atoms with E-state index in [0.29, 0.717) is 6.04 Å². The molecule has 0 unspecified atom stereocenters. The van der Waals surface area contributed by atoms with Crippen molar-refractivity contribution in [1.29, 1.82) is 0 Å². The highest BCUT2D eigenvalue weighted by Gasteiger charge is 2.29. The Morgan fingerprint density at radius 1 is 1.47 bits per heavy atom. The highest BCUT2D eigenvalue weighted by atomic mass is 32.1. The highest BCUT2D eigenvalue weighted by molar-refractivity contribution is 7.17. The number of nitrogens with one attached hydrogen (secondary N) is 1. The largest absolute Gasteiger partial charge is 0.317 e. The summed E-state index contributed by atoms with van der Waals surface area (Å²) in [7, 11) is 2.04. The maximum absolute atomic E-state index is 4.48. The van der Waals surface area contributed by atoms with E-state index in [0.717, 1.165) is 11.4 Å². The van der Waals surface area contributed by atoms with Crippen LogP contribution in [0.2, 0.25) is 0 Å². The van der Waals surface area contributed by atoms with Crippen LogP contribution >= 0.6 is 11.3 Å². The van der Waals surface area contributed by atoms with Gasteiger partial charge in [-0.25, -0.2) is 0 Å². The monoisotopic (exact) mass is 218 g/mol. The third-order valence-electron chi connectivity index (χ3n) is 3.34. The second-order valence-electron chi connectivity index (χ2n) is 4.23. The summed E-state index contributed by atoms with van der Waals surface area (Å²) in [6.45, 7) is 0. The van der Waals surface area contributed by atoms with Gasteiger partial charge in [-0.2, -0.15) is 0 Å². The van der Waals surface area contributed by atoms with E-state index >= 15 is 0 Å². The molecule has 1 aliphatic carbocycles. The molecule has 0 aliphatic heterocycles. The lowest BCUT2D eigenvalue weighted by Gasteiger charge is -2.35. The van der Waals surface area contributed by atoms with Gasteiger partial charge in [0.1, 0.15) is 0 Å². The number of aromatic nitrogens is 1. The van der Waals surface area contributed by atoms with Crippen LogP contribution in [-0.4, -0.2) is 18.1 Å². The molecular formula is C12H14N2S. The van der Waals surface area contributed by atoms with Crippen LogP contribution in [0.15, 0.2) is 23.7 Å². The smallest absolute Gasteiger partial charge is 0.0809 e. The summed E-state index contributed by atoms with van der Waals surface area (Å²) < 4.78 is 1.32. The molecule has 15 heavy (non-hydrogen) atoms. The number of rotatable bonds is 2. The van der Waals surface area contributed by atoms with E-state index in [2.05, 4.69) is 27.8 Å². The third kappa shape index (κ3) is 1.56. The van der Waals surface area contributed by atoms with Gasteiger partial charge in [-0.3, -0.25) is 4.98 Å². The SMILES string of the molecule is CNC1CC(c2cnc3ccsc3c2)C1. The lowest BCUT2D eigenvalue weighted by atomic mass is 9.76. The topological polar surface area (TPSA) is 24.9 Å². The maximum Gasteiger partial charge on any atom is 0.0809 e. The normalized spacial score (nSPS) is 25.4. The van der Waals surface area contributed by atoms with Crippen molar-refractivity contribution in [2.45, 2.75) is 24.8 Å². The van der Waals surface area contributed by atoms with E-state index < -0.39 is 0 Å². The molecule has 0 saturated heterocycles. The number of fused-ring (bicyclic) bond motifs is 1. The van der Waals surface area contributed by atoms with Crippen molar-refractivity contribution in [3.63, 3.8) is 0 Å². The Morgan fingerprint density at radius 2 is 2.33 bits per heavy atom. The van der Waals surface area contributed by atoms with Crippen LogP contribution in [0.5, 0.6) is 0 Å². The molecule has 0 aromatic carbocycles. The first-order valence-electron chi connectivity index (χ1n) is 5.37. The van der Waals surface area contributed by atoms with E-state index in [1.807, 2.05) is 13.2 Å². The van der Waals surface area contributed by atoms with Gasteiger partial charge in [-0.1, -0.05) is 0 Å². The van der Waals surface area contributed by atoms with E-state index in [1.54, 1.807) is 11.3 Å². The van der Waals surface area contributed by atoms with E-state index in [-0.39, 0.29) is 0 Å². The minimum Gasteiger partial charge on any atom is -0.317 e. The van der Waals surface area contributed by atoms with Crippen molar-refractivity contribution in [2.24, 2.45) is 0 Å². The van der Waals surface area contributed by atoms with Crippen molar-refractivity contribution in [3.05, 3.63) is 29.3 Å². The summed E-state index contributed by atoms with van der Waals surface area (Å²) in [5.41, 5.74) is 2.55. The average molecular weight is 218 g/mol. The predicted molar refractivity (Wildman–Crippen MR) is 64.4 cm³/mol. The van der Waals surface area contributed by atoms with Gasteiger partial charge in [0, 0.05) is 12.2 Å². The molecule has 3 heteroatoms. The first-order chi connectivity index (χ1) is 7.36. The quantitative estimate of drug-likeness (QED) is 0.838. The predicted octanol–water partition coefficient (Wildman–Crippen LogP) is 2.76. The molecule has 1 fully saturated rings. The zero-order valence-corrected chi connectivity index (χ0v) is 9.55. The molecule has 1 aliphatic rings. The van der Waals surface area contributed by atoms with Gasteiger partial charge in [0.05, 0.1) is 10.2 Å². The average Bonchev–Trinajstić information content (AvgIpc) is 2.63. The van der Waals surface area contributed by atoms with Gasteiger partial charge in [-0.15, -0.1) is 11.3 Å². The molecule has 78 valence electrons. The zero-order valence-electron chi connectivity index (χ0n) is 8.73. The lowest BCUT2D eigenvalue weighted by Crippen LogP contribution is -2.37. The van der Waals surface area contributed by atoms with Crippen molar-refractivity contribution in [3.8, 4) is 0 Å². The summed E-state index contributed by atoms with van der Waals surface area (Å²) in [6.07, 6.45) is 4.57. The Bertz CT molecular complexity index is 471. The molecule has 3 rings (SSSR count). The number of thiophene rings is 1. The fourth-order valence-electron chi connectivity index (χ4n) is 2.21. The van der Waals surface area contributed by atoms with Crippen molar-refractivity contribution < 1.29 is 0 Å². The van der Waals surface area contributed by atoms with Crippen LogP contribution in [-0.2, 0) is 0 Å². The van der Waals surface area contributed by atoms with Gasteiger partial charge < -0.3 is 5.32 Å². The van der Waals surface area contributed by atoms with Crippen molar-refractivity contribution >= 4 is 21.6 Å². The summed E-state index contributed by atoms with van der Waals surface area (Å²) in [4.78, 5) is 4.48. The lowest BCUT2D eigenvalue weighted by molar-refractivity contribution is 0.307. The molecular weight excluding hydrogens is 204 g/mol. The molecule has 2 aromatic heterocycles. The minimum absolute atomic E-state index is 0.717. The second kappa shape index (κ2) is 3.58. The molecule has 0 atom stereocenters. The Hall–Kier alpha value is -0.930. The Labute approximate surface area is 93.3 Å². The first kappa shape index (κ1) is 9.31. The molecule has 2 nitrogen and oxygen atoms in total. The van der Waals surface area contributed by atoms with Gasteiger partial charge in [0.15, 0.2) is 0 Å². The molecule has 0 bridgehead atoms. The molecule has 1 N–H and O–H groups in total. The Morgan fingerprint density at radius 3 is 3.13 bits per heavy atom. The van der Waals surface area contributed by atoms with Crippen LogP contribution in [0.3, 0.4) is 0 Å². The molecule has 1 saturated carbocycles. The van der Waals surface area contributed by atoms with Crippen LogP contribution < -0.4 is 5.32 Å². The summed E-state index contributed by atoms with van der Waals surface area (Å²) in [5, 5.41) is 5.43. The molecule has 2 aromatic rings. The van der Waals surface area contributed by atoms with Gasteiger partial charge in [0.2, 0.25) is 0 Å². The van der Waals surface area contributed by atoms with Gasteiger partial charge in [0.25, 0.3) is 0 Å². The van der Waals surface area contributed by atoms with E-state index in [9.17, 15) is 0 Å². The van der Waals surface area contributed by atoms with Crippen LogP contribution in [0, 0.1) is 0 Å². The van der Waals surface area contributed by atoms with Crippen molar-refractivity contribution in [2.75, 3.05) is 7.05 Å². The fraction of sp³-hybridized carbons (Fsp3) is 0.417. The van der Waals surface area contributed by atoms with E-state index in [4.69, 9.17) is 0 Å². The molecule has 0 spiro atoms.